The van der Waals surface area contributed by atoms with E-state index < -0.39 is 0 Å². The maximum atomic E-state index is 11.7. The molecule has 1 amide bonds. The second-order valence-electron chi connectivity index (χ2n) is 4.52. The van der Waals surface area contributed by atoms with Crippen LogP contribution in [0.2, 0.25) is 0 Å². The highest BCUT2D eigenvalue weighted by Crippen LogP contribution is 2.04. The van der Waals surface area contributed by atoms with Crippen LogP contribution >= 0.6 is 0 Å². The minimum Gasteiger partial charge on any atom is -0.353 e. The SMILES string of the molecule is CCOC(CCCNC(=O)C=Cc1ccccc1)OCC. The van der Waals surface area contributed by atoms with Crippen LogP contribution in [0.1, 0.15) is 32.3 Å². The summed E-state index contributed by atoms with van der Waals surface area (Å²) in [6.45, 7) is 5.78. The Morgan fingerprint density at radius 2 is 1.86 bits per heavy atom. The van der Waals surface area contributed by atoms with Crippen molar-refractivity contribution in [3.63, 3.8) is 0 Å². The van der Waals surface area contributed by atoms with E-state index in [0.717, 1.165) is 18.4 Å². The molecule has 0 bridgehead atoms. The van der Waals surface area contributed by atoms with Crippen LogP contribution in [0, 0.1) is 0 Å². The minimum atomic E-state index is -0.170. The van der Waals surface area contributed by atoms with Crippen LogP contribution in [-0.2, 0) is 14.3 Å². The number of carbonyl (C=O) groups is 1. The van der Waals surface area contributed by atoms with Gasteiger partial charge in [-0.3, -0.25) is 4.79 Å². The van der Waals surface area contributed by atoms with Crippen LogP contribution in [0.3, 0.4) is 0 Å². The van der Waals surface area contributed by atoms with E-state index in [9.17, 15) is 4.79 Å². The summed E-state index contributed by atoms with van der Waals surface area (Å²) in [5, 5.41) is 2.86. The monoisotopic (exact) mass is 291 g/mol. The highest BCUT2D eigenvalue weighted by atomic mass is 16.7. The molecule has 0 saturated carbocycles. The number of carbonyl (C=O) groups excluding carboxylic acids is 1. The van der Waals surface area contributed by atoms with Crippen LogP contribution in [0.25, 0.3) is 6.08 Å². The van der Waals surface area contributed by atoms with Gasteiger partial charge in [0.25, 0.3) is 0 Å². The Kier molecular flexibility index (Phi) is 9.16. The van der Waals surface area contributed by atoms with Crippen LogP contribution in [0.4, 0.5) is 0 Å². The van der Waals surface area contributed by atoms with Crippen molar-refractivity contribution < 1.29 is 14.3 Å². The topological polar surface area (TPSA) is 47.6 Å². The van der Waals surface area contributed by atoms with Crippen molar-refractivity contribution in [1.82, 2.24) is 5.32 Å². The molecule has 0 aliphatic heterocycles. The fourth-order valence-electron chi connectivity index (χ4n) is 1.86. The van der Waals surface area contributed by atoms with Crippen molar-refractivity contribution in [3.8, 4) is 0 Å². The average Bonchev–Trinajstić information content (AvgIpc) is 2.51. The molecular formula is C17H25NO3. The molecule has 1 N–H and O–H groups in total. The fraction of sp³-hybridized carbons (Fsp3) is 0.471. The summed E-state index contributed by atoms with van der Waals surface area (Å²) in [4.78, 5) is 11.7. The van der Waals surface area contributed by atoms with E-state index in [1.54, 1.807) is 12.2 Å². The predicted molar refractivity (Wildman–Crippen MR) is 84.8 cm³/mol. The molecule has 0 aliphatic rings. The summed E-state index contributed by atoms with van der Waals surface area (Å²) in [6, 6.07) is 9.75. The van der Waals surface area contributed by atoms with E-state index in [0.29, 0.717) is 19.8 Å². The Morgan fingerprint density at radius 3 is 2.48 bits per heavy atom. The Bertz CT molecular complexity index is 411. The third-order valence-corrected chi connectivity index (χ3v) is 2.85. The number of rotatable bonds is 10. The lowest BCUT2D eigenvalue weighted by Crippen LogP contribution is -2.24. The molecule has 0 atom stereocenters. The number of benzene rings is 1. The van der Waals surface area contributed by atoms with Gasteiger partial charge >= 0.3 is 0 Å². The second-order valence-corrected chi connectivity index (χ2v) is 4.52. The molecular weight excluding hydrogens is 266 g/mol. The van der Waals surface area contributed by atoms with Crippen molar-refractivity contribution in [2.45, 2.75) is 33.0 Å². The van der Waals surface area contributed by atoms with Crippen LogP contribution in [0.15, 0.2) is 36.4 Å². The van der Waals surface area contributed by atoms with Gasteiger partial charge in [-0.1, -0.05) is 30.3 Å². The first-order chi connectivity index (χ1) is 10.3. The first-order valence-electron chi connectivity index (χ1n) is 7.50. The molecule has 4 heteroatoms. The number of hydrogen-bond donors (Lipinski definition) is 1. The van der Waals surface area contributed by atoms with Crippen molar-refractivity contribution >= 4 is 12.0 Å². The molecule has 1 aromatic carbocycles. The average molecular weight is 291 g/mol. The van der Waals surface area contributed by atoms with Crippen LogP contribution < -0.4 is 5.32 Å². The van der Waals surface area contributed by atoms with Gasteiger partial charge in [-0.15, -0.1) is 0 Å². The Labute approximate surface area is 127 Å². The quantitative estimate of drug-likeness (QED) is 0.409. The zero-order valence-electron chi connectivity index (χ0n) is 12.9. The summed E-state index contributed by atoms with van der Waals surface area (Å²) in [7, 11) is 0. The van der Waals surface area contributed by atoms with Crippen molar-refractivity contribution in [3.05, 3.63) is 42.0 Å². The standard InChI is InChI=1S/C17H25NO3/c1-3-20-17(21-4-2)11-8-14-18-16(19)13-12-15-9-6-5-7-10-15/h5-7,9-10,12-13,17H,3-4,8,11,14H2,1-2H3,(H,18,19). The number of amides is 1. The van der Waals surface area contributed by atoms with E-state index in [1.807, 2.05) is 44.2 Å². The number of ether oxygens (including phenoxy) is 2. The molecule has 0 aliphatic carbocycles. The summed E-state index contributed by atoms with van der Waals surface area (Å²) >= 11 is 0. The van der Waals surface area contributed by atoms with Gasteiger partial charge in [0.1, 0.15) is 0 Å². The molecule has 0 heterocycles. The van der Waals surface area contributed by atoms with Gasteiger partial charge in [0.2, 0.25) is 5.91 Å². The Balaban J connectivity index is 2.19. The fourth-order valence-corrected chi connectivity index (χ4v) is 1.86. The molecule has 0 spiro atoms. The smallest absolute Gasteiger partial charge is 0.243 e. The van der Waals surface area contributed by atoms with Gasteiger partial charge < -0.3 is 14.8 Å². The van der Waals surface area contributed by atoms with Gasteiger partial charge in [0.15, 0.2) is 6.29 Å². The zero-order valence-corrected chi connectivity index (χ0v) is 12.9. The van der Waals surface area contributed by atoms with Crippen molar-refractivity contribution in [2.75, 3.05) is 19.8 Å². The van der Waals surface area contributed by atoms with Crippen LogP contribution in [-0.4, -0.2) is 32.0 Å². The maximum absolute atomic E-state index is 11.7. The van der Waals surface area contributed by atoms with E-state index in [1.165, 1.54) is 0 Å². The minimum absolute atomic E-state index is 0.0803. The lowest BCUT2D eigenvalue weighted by atomic mass is 10.2. The Morgan fingerprint density at radius 1 is 1.19 bits per heavy atom. The summed E-state index contributed by atoms with van der Waals surface area (Å²) in [6.07, 6.45) is 4.80. The normalized spacial score (nSPS) is 11.2. The van der Waals surface area contributed by atoms with Gasteiger partial charge in [0.05, 0.1) is 0 Å². The van der Waals surface area contributed by atoms with Gasteiger partial charge in [-0.25, -0.2) is 0 Å². The van der Waals surface area contributed by atoms with E-state index in [-0.39, 0.29) is 12.2 Å². The largest absolute Gasteiger partial charge is 0.353 e. The molecule has 0 fully saturated rings. The lowest BCUT2D eigenvalue weighted by Gasteiger charge is -2.16. The molecule has 1 rings (SSSR count). The lowest BCUT2D eigenvalue weighted by molar-refractivity contribution is -0.140. The second kappa shape index (κ2) is 11.1. The molecule has 4 nitrogen and oxygen atoms in total. The summed E-state index contributed by atoms with van der Waals surface area (Å²) in [5.41, 5.74) is 1.01. The third-order valence-electron chi connectivity index (χ3n) is 2.85. The number of nitrogens with one attached hydrogen (secondary N) is 1. The van der Waals surface area contributed by atoms with Gasteiger partial charge in [-0.05, 0) is 31.9 Å². The third kappa shape index (κ3) is 8.27. The zero-order chi connectivity index (χ0) is 15.3. The first kappa shape index (κ1) is 17.4. The molecule has 0 unspecified atom stereocenters. The molecule has 21 heavy (non-hydrogen) atoms. The van der Waals surface area contributed by atoms with E-state index in [2.05, 4.69) is 5.32 Å². The van der Waals surface area contributed by atoms with Gasteiger partial charge in [0, 0.05) is 32.3 Å². The van der Waals surface area contributed by atoms with E-state index in [4.69, 9.17) is 9.47 Å². The summed E-state index contributed by atoms with van der Waals surface area (Å²) in [5.74, 6) is -0.0803. The highest BCUT2D eigenvalue weighted by Gasteiger charge is 2.07. The molecule has 1 aromatic rings. The summed E-state index contributed by atoms with van der Waals surface area (Å²) < 4.78 is 10.9. The molecule has 0 radical (unpaired) electrons. The van der Waals surface area contributed by atoms with E-state index >= 15 is 0 Å². The Hall–Kier alpha value is -1.65. The molecule has 0 saturated heterocycles. The molecule has 116 valence electrons. The first-order valence-corrected chi connectivity index (χ1v) is 7.50. The van der Waals surface area contributed by atoms with Crippen LogP contribution in [0.5, 0.6) is 0 Å². The molecule has 0 aromatic heterocycles. The number of hydrogen-bond acceptors (Lipinski definition) is 3. The van der Waals surface area contributed by atoms with Crippen molar-refractivity contribution in [2.24, 2.45) is 0 Å². The van der Waals surface area contributed by atoms with Gasteiger partial charge in [-0.2, -0.15) is 0 Å². The predicted octanol–water partition coefficient (Wildman–Crippen LogP) is 3.00. The highest BCUT2D eigenvalue weighted by molar-refractivity contribution is 5.91. The van der Waals surface area contributed by atoms with Crippen molar-refractivity contribution in [1.29, 1.82) is 0 Å². The maximum Gasteiger partial charge on any atom is 0.243 e.